The van der Waals surface area contributed by atoms with E-state index in [1.54, 1.807) is 31.2 Å². The Kier molecular flexibility index (Phi) is 10.00. The first-order chi connectivity index (χ1) is 21.6. The van der Waals surface area contributed by atoms with Crippen LogP contribution in [0.15, 0.2) is 47.4 Å². The van der Waals surface area contributed by atoms with Crippen LogP contribution in [0.25, 0.3) is 0 Å². The summed E-state index contributed by atoms with van der Waals surface area (Å²) in [6.07, 6.45) is 1.79. The molecule has 2 unspecified atom stereocenters. The second-order valence-corrected chi connectivity index (χ2v) is 13.5. The highest BCUT2D eigenvalue weighted by molar-refractivity contribution is 7.90. The van der Waals surface area contributed by atoms with Crippen molar-refractivity contribution in [2.24, 2.45) is 5.92 Å². The number of hydrogen-bond acceptors (Lipinski definition) is 9. The molecule has 2 aliphatic heterocycles. The largest absolute Gasteiger partial charge is 0.433 e. The van der Waals surface area contributed by atoms with Crippen molar-refractivity contribution in [1.29, 1.82) is 0 Å². The molecule has 2 atom stereocenters. The molecular formula is C32H38N4O9S. The monoisotopic (exact) mass is 654 g/mol. The number of carbonyl (C=O) groups excluding carboxylic acids is 6. The first-order valence-corrected chi connectivity index (χ1v) is 16.6. The van der Waals surface area contributed by atoms with Gasteiger partial charge in [0, 0.05) is 23.7 Å². The molecule has 2 aromatic carbocycles. The molecule has 14 heteroatoms. The van der Waals surface area contributed by atoms with Crippen LogP contribution < -0.4 is 14.9 Å². The number of sulfonamides is 1. The zero-order valence-corrected chi connectivity index (χ0v) is 27.2. The number of nitrogens with one attached hydrogen (secondary N) is 2. The average Bonchev–Trinajstić information content (AvgIpc) is 3.51. The van der Waals surface area contributed by atoms with Gasteiger partial charge in [-0.2, -0.15) is 0 Å². The summed E-state index contributed by atoms with van der Waals surface area (Å²) >= 11 is 0. The van der Waals surface area contributed by atoms with Gasteiger partial charge in [0.1, 0.15) is 0 Å². The van der Waals surface area contributed by atoms with Crippen LogP contribution in [0.1, 0.15) is 74.9 Å². The molecule has 2 N–H and O–H groups in total. The minimum atomic E-state index is -4.39. The Morgan fingerprint density at radius 1 is 1.02 bits per heavy atom. The molecule has 0 aromatic heterocycles. The first kappa shape index (κ1) is 34.3. The number of nitrogens with zero attached hydrogens (tertiary/aromatic N) is 2. The number of ether oxygens (including phenoxy) is 1. The predicted octanol–water partition coefficient (Wildman–Crippen LogP) is 2.99. The summed E-state index contributed by atoms with van der Waals surface area (Å²) < 4.78 is 33.4. The third kappa shape index (κ3) is 6.81. The van der Waals surface area contributed by atoms with Gasteiger partial charge in [0.15, 0.2) is 5.60 Å². The van der Waals surface area contributed by atoms with E-state index in [4.69, 9.17) is 4.74 Å². The van der Waals surface area contributed by atoms with Gasteiger partial charge in [0.25, 0.3) is 33.7 Å². The van der Waals surface area contributed by atoms with Crippen LogP contribution in [-0.2, 0) is 40.4 Å². The lowest BCUT2D eigenvalue weighted by molar-refractivity contribution is -0.144. The fourth-order valence-corrected chi connectivity index (χ4v) is 6.54. The number of hydrogen-bond donors (Lipinski definition) is 2. The molecule has 1 fully saturated rings. The van der Waals surface area contributed by atoms with Gasteiger partial charge in [-0.05, 0) is 69.4 Å². The Labute approximate surface area is 267 Å². The number of amides is 6. The summed E-state index contributed by atoms with van der Waals surface area (Å²) in [5.74, 6) is -5.42. The van der Waals surface area contributed by atoms with Crippen LogP contribution in [0.2, 0.25) is 0 Å². The number of imide groups is 2. The molecule has 0 radical (unpaired) electrons. The summed E-state index contributed by atoms with van der Waals surface area (Å²) in [6.45, 7) is 8.03. The van der Waals surface area contributed by atoms with Crippen molar-refractivity contribution in [2.45, 2.75) is 83.3 Å². The highest BCUT2D eigenvalue weighted by Gasteiger charge is 2.55. The molecule has 4 rings (SSSR count). The summed E-state index contributed by atoms with van der Waals surface area (Å²) in [7, 11) is -4.39. The second kappa shape index (κ2) is 13.4. The molecule has 246 valence electrons. The second-order valence-electron chi connectivity index (χ2n) is 11.8. The third-order valence-corrected chi connectivity index (χ3v) is 9.52. The van der Waals surface area contributed by atoms with E-state index in [1.165, 1.54) is 37.8 Å². The fraction of sp³-hybridized carbons (Fsp3) is 0.438. The lowest BCUT2D eigenvalue weighted by Crippen LogP contribution is -2.59. The van der Waals surface area contributed by atoms with Crippen molar-refractivity contribution in [2.75, 3.05) is 11.4 Å². The minimum Gasteiger partial charge on any atom is -0.433 e. The molecule has 1 saturated heterocycles. The smallest absolute Gasteiger partial charge is 0.418 e. The highest BCUT2D eigenvalue weighted by Crippen LogP contribution is 2.31. The molecular weight excluding hydrogens is 616 g/mol. The van der Waals surface area contributed by atoms with E-state index in [2.05, 4.69) is 10.0 Å². The predicted molar refractivity (Wildman–Crippen MR) is 166 cm³/mol. The maximum atomic E-state index is 13.9. The Morgan fingerprint density at radius 3 is 2.35 bits per heavy atom. The molecule has 46 heavy (non-hydrogen) atoms. The van der Waals surface area contributed by atoms with Gasteiger partial charge in [-0.3, -0.25) is 29.3 Å². The lowest BCUT2D eigenvalue weighted by atomic mass is 9.99. The van der Waals surface area contributed by atoms with Gasteiger partial charge < -0.3 is 9.64 Å². The van der Waals surface area contributed by atoms with Crippen molar-refractivity contribution in [3.8, 4) is 0 Å². The molecule has 0 aliphatic carbocycles. The molecule has 2 aliphatic rings. The van der Waals surface area contributed by atoms with E-state index in [0.29, 0.717) is 29.8 Å². The lowest BCUT2D eigenvalue weighted by Gasteiger charge is -2.27. The van der Waals surface area contributed by atoms with Crippen molar-refractivity contribution in [1.82, 2.24) is 14.9 Å². The summed E-state index contributed by atoms with van der Waals surface area (Å²) in [5.41, 5.74) is -0.321. The molecule has 13 nitrogen and oxygen atoms in total. The van der Waals surface area contributed by atoms with Crippen LogP contribution in [-0.4, -0.2) is 67.1 Å². The van der Waals surface area contributed by atoms with Crippen LogP contribution in [0.5, 0.6) is 0 Å². The molecule has 2 aromatic rings. The summed E-state index contributed by atoms with van der Waals surface area (Å²) in [4.78, 5) is 81.0. The zero-order valence-electron chi connectivity index (χ0n) is 26.4. The summed E-state index contributed by atoms with van der Waals surface area (Å²) in [6, 6.07) is 8.41. The van der Waals surface area contributed by atoms with Crippen LogP contribution >= 0.6 is 0 Å². The van der Waals surface area contributed by atoms with E-state index >= 15 is 0 Å². The van der Waals surface area contributed by atoms with Crippen molar-refractivity contribution in [3.63, 3.8) is 0 Å². The number of para-hydroxylation sites is 1. The Bertz CT molecular complexity index is 1700. The topological polar surface area (TPSA) is 176 Å². The number of aryl methyl sites for hydroxylation is 1. The van der Waals surface area contributed by atoms with Crippen LogP contribution in [0.3, 0.4) is 0 Å². The van der Waals surface area contributed by atoms with Crippen molar-refractivity contribution >= 4 is 51.3 Å². The SMILES string of the molecule is CCCCC(CC)C(=O)NS(=O)(=O)c1ccc(C)c(C(=O)NC(=O)C(C(=O)N2CCc3ccccc32)N2C(=O)OC(C)(C)C2=O)c1. The van der Waals surface area contributed by atoms with E-state index in [1.807, 2.05) is 6.92 Å². The van der Waals surface area contributed by atoms with Crippen LogP contribution in [0, 0.1) is 12.8 Å². The number of rotatable bonds is 11. The molecule has 0 saturated carbocycles. The minimum absolute atomic E-state index is 0.165. The van der Waals surface area contributed by atoms with E-state index < -0.39 is 68.1 Å². The fourth-order valence-electron chi connectivity index (χ4n) is 5.47. The molecule has 0 spiro atoms. The van der Waals surface area contributed by atoms with Gasteiger partial charge in [-0.25, -0.2) is 22.8 Å². The van der Waals surface area contributed by atoms with Crippen LogP contribution in [0.4, 0.5) is 10.5 Å². The maximum Gasteiger partial charge on any atom is 0.418 e. The number of unbranched alkanes of at least 4 members (excludes halogenated alkanes) is 1. The van der Waals surface area contributed by atoms with E-state index in [0.717, 1.165) is 24.5 Å². The van der Waals surface area contributed by atoms with Crippen molar-refractivity contribution < 1.29 is 41.9 Å². The Balaban J connectivity index is 1.62. The number of carbonyl (C=O) groups is 6. The maximum absolute atomic E-state index is 13.9. The quantitative estimate of drug-likeness (QED) is 0.345. The normalized spacial score (nSPS) is 16.8. The number of benzene rings is 2. The van der Waals surface area contributed by atoms with Crippen molar-refractivity contribution in [3.05, 3.63) is 59.2 Å². The van der Waals surface area contributed by atoms with Gasteiger partial charge in [0.05, 0.1) is 4.90 Å². The standard InChI is InChI=1S/C32H38N4O9S/c1-6-8-11-20(7-2)26(37)34-46(43,44)22-15-14-19(3)23(18-22)27(38)33-28(39)25(36-30(41)32(4,5)45-31(36)42)29(40)35-17-16-21-12-9-10-13-24(21)35/h9-10,12-15,18,20,25H,6-8,11,16-17H2,1-5H3,(H,34,37)(H,33,38,39). The Hall–Kier alpha value is -4.59. The number of anilines is 1. The molecule has 0 bridgehead atoms. The van der Waals surface area contributed by atoms with Gasteiger partial charge >= 0.3 is 6.09 Å². The van der Waals surface area contributed by atoms with E-state index in [9.17, 15) is 37.2 Å². The number of fused-ring (bicyclic) bond motifs is 1. The average molecular weight is 655 g/mol. The summed E-state index contributed by atoms with van der Waals surface area (Å²) in [5, 5.41) is 2.07. The van der Waals surface area contributed by atoms with Gasteiger partial charge in [-0.15, -0.1) is 0 Å². The molecule has 6 amide bonds. The highest BCUT2D eigenvalue weighted by atomic mass is 32.2. The zero-order chi connectivity index (χ0) is 34.0. The number of cyclic esters (lactones) is 1. The van der Waals surface area contributed by atoms with Gasteiger partial charge in [0.2, 0.25) is 11.9 Å². The Morgan fingerprint density at radius 2 is 1.72 bits per heavy atom. The van der Waals surface area contributed by atoms with Gasteiger partial charge in [-0.1, -0.05) is 51.0 Å². The van der Waals surface area contributed by atoms with E-state index in [-0.39, 0.29) is 17.7 Å². The first-order valence-electron chi connectivity index (χ1n) is 15.1. The molecule has 2 heterocycles. The third-order valence-electron chi connectivity index (χ3n) is 8.17.